The molecule has 7 nitrogen and oxygen atoms in total. The lowest BCUT2D eigenvalue weighted by Crippen LogP contribution is -2.35. The van der Waals surface area contributed by atoms with Crippen LogP contribution in [-0.4, -0.2) is 26.6 Å². The van der Waals surface area contributed by atoms with Crippen molar-refractivity contribution in [3.63, 3.8) is 0 Å². The minimum Gasteiger partial charge on any atom is -0.324 e. The lowest BCUT2D eigenvalue weighted by molar-refractivity contribution is -0.125. The number of carbonyl (C=O) groups excluding carboxylic acids is 2. The molecule has 102 valence electrons. The van der Waals surface area contributed by atoms with Crippen LogP contribution >= 0.6 is 11.6 Å². The average molecular weight is 292 g/mol. The summed E-state index contributed by atoms with van der Waals surface area (Å²) in [6, 6.07) is 6.07. The molecule has 2 amide bonds. The number of amides is 2. The summed E-state index contributed by atoms with van der Waals surface area (Å²) in [4.78, 5) is 23.8. The number of carbonyl (C=O) groups is 2. The zero-order valence-corrected chi connectivity index (χ0v) is 11.0. The highest BCUT2D eigenvalue weighted by Gasteiger charge is 2.31. The van der Waals surface area contributed by atoms with E-state index in [1.54, 1.807) is 24.3 Å². The fraction of sp³-hybridized carbons (Fsp3) is 0.167. The summed E-state index contributed by atoms with van der Waals surface area (Å²) >= 11 is 5.78. The van der Waals surface area contributed by atoms with Crippen LogP contribution in [0.4, 0.5) is 11.6 Å². The Morgan fingerprint density at radius 3 is 2.90 bits per heavy atom. The quantitative estimate of drug-likeness (QED) is 0.876. The first-order chi connectivity index (χ1) is 9.63. The van der Waals surface area contributed by atoms with Gasteiger partial charge in [-0.15, -0.1) is 10.2 Å². The summed E-state index contributed by atoms with van der Waals surface area (Å²) in [6.45, 7) is 0. The van der Waals surface area contributed by atoms with E-state index >= 15 is 0 Å². The molecule has 0 fully saturated rings. The minimum absolute atomic E-state index is 0.0461. The molecule has 1 unspecified atom stereocenters. The third kappa shape index (κ3) is 2.35. The lowest BCUT2D eigenvalue weighted by Gasteiger charge is -2.23. The predicted octanol–water partition coefficient (Wildman–Crippen LogP) is 1.45. The molecule has 1 atom stereocenters. The van der Waals surface area contributed by atoms with Crippen LogP contribution in [0.2, 0.25) is 5.02 Å². The van der Waals surface area contributed by atoms with Crippen molar-refractivity contribution < 1.29 is 9.59 Å². The smallest absolute Gasteiger partial charge is 0.248 e. The van der Waals surface area contributed by atoms with Crippen LogP contribution in [0.3, 0.4) is 0 Å². The third-order valence-corrected chi connectivity index (χ3v) is 3.21. The molecular formula is C12H10ClN5O2. The standard InChI is InChI=1S/C12H10ClN5O2/c13-7-1-3-8(4-2-7)15-11(20)9-5-10(19)16-12-17-14-6-18(9)12/h1-4,6,9H,5H2,(H,15,20)(H,16,17,19). The van der Waals surface area contributed by atoms with Crippen LogP contribution in [0.1, 0.15) is 12.5 Å². The molecule has 0 radical (unpaired) electrons. The van der Waals surface area contributed by atoms with Crippen molar-refractivity contribution in [1.29, 1.82) is 0 Å². The van der Waals surface area contributed by atoms with Gasteiger partial charge in [0, 0.05) is 10.7 Å². The largest absolute Gasteiger partial charge is 0.324 e. The van der Waals surface area contributed by atoms with E-state index in [1.807, 2.05) is 0 Å². The summed E-state index contributed by atoms with van der Waals surface area (Å²) in [5.74, 6) is -0.289. The summed E-state index contributed by atoms with van der Waals surface area (Å²) in [5, 5.41) is 13.3. The van der Waals surface area contributed by atoms with E-state index in [4.69, 9.17) is 11.6 Å². The fourth-order valence-electron chi connectivity index (χ4n) is 1.99. The number of fused-ring (bicyclic) bond motifs is 1. The first-order valence-electron chi connectivity index (χ1n) is 5.89. The highest BCUT2D eigenvalue weighted by Crippen LogP contribution is 2.24. The molecule has 3 rings (SSSR count). The molecular weight excluding hydrogens is 282 g/mol. The molecule has 1 aromatic carbocycles. The predicted molar refractivity (Wildman–Crippen MR) is 72.4 cm³/mol. The maximum Gasteiger partial charge on any atom is 0.248 e. The van der Waals surface area contributed by atoms with Gasteiger partial charge in [-0.1, -0.05) is 11.6 Å². The van der Waals surface area contributed by atoms with E-state index in [2.05, 4.69) is 20.8 Å². The summed E-state index contributed by atoms with van der Waals surface area (Å²) < 4.78 is 1.53. The van der Waals surface area contributed by atoms with Crippen LogP contribution in [0, 0.1) is 0 Å². The van der Waals surface area contributed by atoms with Crippen LogP contribution in [0.15, 0.2) is 30.6 Å². The van der Waals surface area contributed by atoms with Crippen molar-refractivity contribution in [3.05, 3.63) is 35.6 Å². The van der Waals surface area contributed by atoms with Crippen molar-refractivity contribution in [1.82, 2.24) is 14.8 Å². The molecule has 8 heteroatoms. The van der Waals surface area contributed by atoms with Gasteiger partial charge in [0.25, 0.3) is 0 Å². The number of hydrogen-bond acceptors (Lipinski definition) is 4. The SMILES string of the molecule is O=C1CC(C(=O)Nc2ccc(Cl)cc2)n2cnnc2N1. The van der Waals surface area contributed by atoms with Crippen molar-refractivity contribution in [2.75, 3.05) is 10.6 Å². The van der Waals surface area contributed by atoms with E-state index in [0.717, 1.165) is 0 Å². The van der Waals surface area contributed by atoms with Gasteiger partial charge in [0.15, 0.2) is 0 Å². The highest BCUT2D eigenvalue weighted by molar-refractivity contribution is 6.30. The summed E-state index contributed by atoms with van der Waals surface area (Å²) in [5.41, 5.74) is 0.611. The maximum absolute atomic E-state index is 12.3. The Hall–Kier alpha value is -2.41. The van der Waals surface area contributed by atoms with E-state index in [0.29, 0.717) is 10.7 Å². The summed E-state index contributed by atoms with van der Waals surface area (Å²) in [6.07, 6.45) is 1.46. The van der Waals surface area contributed by atoms with Crippen molar-refractivity contribution in [3.8, 4) is 0 Å². The Kier molecular flexibility index (Phi) is 3.11. The molecule has 2 heterocycles. The van der Waals surface area contributed by atoms with Gasteiger partial charge in [-0.05, 0) is 24.3 Å². The maximum atomic E-state index is 12.3. The zero-order valence-electron chi connectivity index (χ0n) is 10.2. The molecule has 0 saturated carbocycles. The Labute approximate surface area is 118 Å². The molecule has 1 aliphatic rings. The molecule has 20 heavy (non-hydrogen) atoms. The van der Waals surface area contributed by atoms with Gasteiger partial charge in [-0.2, -0.15) is 0 Å². The number of rotatable bonds is 2. The van der Waals surface area contributed by atoms with Gasteiger partial charge in [-0.25, -0.2) is 0 Å². The number of benzene rings is 1. The topological polar surface area (TPSA) is 88.9 Å². The van der Waals surface area contributed by atoms with Gasteiger partial charge in [-0.3, -0.25) is 19.5 Å². The van der Waals surface area contributed by atoms with E-state index < -0.39 is 6.04 Å². The van der Waals surface area contributed by atoms with E-state index in [1.165, 1.54) is 10.9 Å². The second-order valence-electron chi connectivity index (χ2n) is 4.33. The molecule has 1 aromatic heterocycles. The first kappa shape index (κ1) is 12.6. The normalized spacial score (nSPS) is 17.2. The number of halogens is 1. The van der Waals surface area contributed by atoms with Crippen LogP contribution in [0.25, 0.3) is 0 Å². The molecule has 2 N–H and O–H groups in total. The number of aromatic nitrogens is 3. The van der Waals surface area contributed by atoms with Gasteiger partial charge in [0.05, 0.1) is 6.42 Å². The Morgan fingerprint density at radius 1 is 1.40 bits per heavy atom. The number of anilines is 2. The second kappa shape index (κ2) is 4.93. The third-order valence-electron chi connectivity index (χ3n) is 2.95. The van der Waals surface area contributed by atoms with E-state index in [-0.39, 0.29) is 24.2 Å². The molecule has 0 bridgehead atoms. The van der Waals surface area contributed by atoms with Gasteiger partial charge in [0.1, 0.15) is 12.4 Å². The van der Waals surface area contributed by atoms with Crippen LogP contribution in [-0.2, 0) is 9.59 Å². The van der Waals surface area contributed by atoms with E-state index in [9.17, 15) is 9.59 Å². The molecule has 1 aliphatic heterocycles. The number of nitrogens with one attached hydrogen (secondary N) is 2. The molecule has 0 spiro atoms. The van der Waals surface area contributed by atoms with Gasteiger partial charge >= 0.3 is 0 Å². The zero-order chi connectivity index (χ0) is 14.1. The highest BCUT2D eigenvalue weighted by atomic mass is 35.5. The first-order valence-corrected chi connectivity index (χ1v) is 6.27. The van der Waals surface area contributed by atoms with Crippen LogP contribution in [0.5, 0.6) is 0 Å². The number of nitrogens with zero attached hydrogens (tertiary/aromatic N) is 3. The average Bonchev–Trinajstić information content (AvgIpc) is 2.88. The van der Waals surface area contributed by atoms with Crippen molar-refractivity contribution in [2.24, 2.45) is 0 Å². The Bertz CT molecular complexity index is 667. The van der Waals surface area contributed by atoms with Gasteiger partial charge in [0.2, 0.25) is 17.8 Å². The van der Waals surface area contributed by atoms with Crippen LogP contribution < -0.4 is 10.6 Å². The monoisotopic (exact) mass is 291 g/mol. The second-order valence-corrected chi connectivity index (χ2v) is 4.76. The number of hydrogen-bond donors (Lipinski definition) is 2. The molecule has 2 aromatic rings. The van der Waals surface area contributed by atoms with Gasteiger partial charge < -0.3 is 5.32 Å². The van der Waals surface area contributed by atoms with Crippen molar-refractivity contribution in [2.45, 2.75) is 12.5 Å². The minimum atomic E-state index is -0.663. The molecule has 0 aliphatic carbocycles. The summed E-state index contributed by atoms with van der Waals surface area (Å²) in [7, 11) is 0. The fourth-order valence-corrected chi connectivity index (χ4v) is 2.11. The lowest BCUT2D eigenvalue weighted by atomic mass is 10.1. The van der Waals surface area contributed by atoms with Crippen molar-refractivity contribution >= 4 is 35.1 Å². The Balaban J connectivity index is 1.81. The molecule has 0 saturated heterocycles. The Morgan fingerprint density at radius 2 is 2.15 bits per heavy atom.